The number of pyridine rings is 1. The average Bonchev–Trinajstić information content (AvgIpc) is 2.49. The van der Waals surface area contributed by atoms with Crippen molar-refractivity contribution in [3.05, 3.63) is 65.9 Å². The van der Waals surface area contributed by atoms with Gasteiger partial charge in [0.2, 0.25) is 0 Å². The lowest BCUT2D eigenvalue weighted by molar-refractivity contribution is 0.476. The summed E-state index contributed by atoms with van der Waals surface area (Å²) in [4.78, 5) is 4.38. The zero-order chi connectivity index (χ0) is 14.7. The second kappa shape index (κ2) is 5.83. The molecular weight excluding hydrogens is 260 g/mol. The van der Waals surface area contributed by atoms with E-state index in [1.807, 2.05) is 12.1 Å². The number of anilines is 1. The topological polar surface area (TPSA) is 45.2 Å². The molecule has 0 unspecified atom stereocenters. The molecular formula is C18H18N2O. The van der Waals surface area contributed by atoms with Gasteiger partial charge in [0.15, 0.2) is 0 Å². The summed E-state index contributed by atoms with van der Waals surface area (Å²) in [7, 11) is 0. The van der Waals surface area contributed by atoms with Gasteiger partial charge >= 0.3 is 0 Å². The van der Waals surface area contributed by atoms with Gasteiger partial charge in [0.25, 0.3) is 0 Å². The average molecular weight is 278 g/mol. The number of rotatable bonds is 4. The van der Waals surface area contributed by atoms with Crippen molar-refractivity contribution < 1.29 is 5.11 Å². The van der Waals surface area contributed by atoms with E-state index in [0.29, 0.717) is 0 Å². The fraction of sp³-hybridized carbons (Fsp3) is 0.167. The molecule has 0 spiro atoms. The van der Waals surface area contributed by atoms with Crippen LogP contribution >= 0.6 is 0 Å². The van der Waals surface area contributed by atoms with Crippen LogP contribution < -0.4 is 5.32 Å². The van der Waals surface area contributed by atoms with Crippen LogP contribution in [-0.2, 0) is 6.42 Å². The first-order valence-corrected chi connectivity index (χ1v) is 7.10. The summed E-state index contributed by atoms with van der Waals surface area (Å²) in [5.74, 6) is 1.08. The zero-order valence-electron chi connectivity index (χ0n) is 12.0. The van der Waals surface area contributed by atoms with E-state index in [9.17, 15) is 5.11 Å². The predicted molar refractivity (Wildman–Crippen MR) is 86.8 cm³/mol. The van der Waals surface area contributed by atoms with Gasteiger partial charge in [0.1, 0.15) is 11.6 Å². The number of hydrogen-bond donors (Lipinski definition) is 2. The number of phenols is 1. The molecule has 3 heteroatoms. The number of nitrogens with one attached hydrogen (secondary N) is 1. The number of nitrogens with zero attached hydrogens (tertiary/aromatic N) is 1. The Kier molecular flexibility index (Phi) is 3.73. The summed E-state index contributed by atoms with van der Waals surface area (Å²) in [5.41, 5.74) is 2.65. The Morgan fingerprint density at radius 1 is 1.10 bits per heavy atom. The van der Waals surface area contributed by atoms with Gasteiger partial charge in [-0.25, -0.2) is 4.98 Å². The molecule has 0 saturated heterocycles. The standard InChI is InChI=1S/C18H18N2O/c1-13-4-2-3-5-14(13)8-10-19-18-17-12-16(21)7-6-15(17)9-11-20-18/h2-7,9,11-12,21H,8,10H2,1H3,(H,19,20). The van der Waals surface area contributed by atoms with Gasteiger partial charge in [-0.05, 0) is 48.1 Å². The second-order valence-corrected chi connectivity index (χ2v) is 5.17. The molecule has 0 aliphatic carbocycles. The Hall–Kier alpha value is -2.55. The number of phenolic OH excluding ortho intramolecular Hbond substituents is 1. The van der Waals surface area contributed by atoms with E-state index in [1.165, 1.54) is 11.1 Å². The van der Waals surface area contributed by atoms with Crippen molar-refractivity contribution in [1.82, 2.24) is 4.98 Å². The first-order chi connectivity index (χ1) is 10.2. The molecule has 2 aromatic carbocycles. The first-order valence-electron chi connectivity index (χ1n) is 7.10. The van der Waals surface area contributed by atoms with Crippen molar-refractivity contribution in [3.8, 4) is 5.75 Å². The van der Waals surface area contributed by atoms with Gasteiger partial charge in [-0.1, -0.05) is 30.3 Å². The molecule has 0 aliphatic rings. The molecule has 0 saturated carbocycles. The summed E-state index contributed by atoms with van der Waals surface area (Å²) in [6, 6.07) is 15.7. The Balaban J connectivity index is 1.77. The minimum atomic E-state index is 0.262. The SMILES string of the molecule is Cc1ccccc1CCNc1nccc2ccc(O)cc12. The fourth-order valence-corrected chi connectivity index (χ4v) is 2.50. The van der Waals surface area contributed by atoms with Crippen molar-refractivity contribution in [1.29, 1.82) is 0 Å². The van der Waals surface area contributed by atoms with E-state index in [2.05, 4.69) is 41.5 Å². The van der Waals surface area contributed by atoms with Crippen molar-refractivity contribution in [2.75, 3.05) is 11.9 Å². The summed E-state index contributed by atoms with van der Waals surface area (Å²) in [5, 5.41) is 15.0. The molecule has 0 aliphatic heterocycles. The van der Waals surface area contributed by atoms with E-state index in [0.717, 1.165) is 29.6 Å². The van der Waals surface area contributed by atoms with Crippen molar-refractivity contribution in [2.45, 2.75) is 13.3 Å². The monoisotopic (exact) mass is 278 g/mol. The fourth-order valence-electron chi connectivity index (χ4n) is 2.50. The summed E-state index contributed by atoms with van der Waals surface area (Å²) >= 11 is 0. The van der Waals surface area contributed by atoms with Gasteiger partial charge in [0.05, 0.1) is 0 Å². The normalized spacial score (nSPS) is 10.7. The van der Waals surface area contributed by atoms with Crippen LogP contribution in [0.1, 0.15) is 11.1 Å². The van der Waals surface area contributed by atoms with Crippen molar-refractivity contribution in [2.24, 2.45) is 0 Å². The highest BCUT2D eigenvalue weighted by atomic mass is 16.3. The Bertz CT molecular complexity index is 768. The quantitative estimate of drug-likeness (QED) is 0.760. The lowest BCUT2D eigenvalue weighted by atomic mass is 10.1. The van der Waals surface area contributed by atoms with E-state index in [-0.39, 0.29) is 5.75 Å². The molecule has 1 heterocycles. The van der Waals surface area contributed by atoms with Crippen LogP contribution in [0.5, 0.6) is 5.75 Å². The van der Waals surface area contributed by atoms with E-state index < -0.39 is 0 Å². The maximum Gasteiger partial charge on any atom is 0.133 e. The van der Waals surface area contributed by atoms with Gasteiger partial charge in [0, 0.05) is 18.1 Å². The molecule has 2 N–H and O–H groups in total. The highest BCUT2D eigenvalue weighted by molar-refractivity contribution is 5.92. The van der Waals surface area contributed by atoms with Crippen LogP contribution in [0.25, 0.3) is 10.8 Å². The smallest absolute Gasteiger partial charge is 0.133 e. The molecule has 3 aromatic rings. The minimum absolute atomic E-state index is 0.262. The van der Waals surface area contributed by atoms with Crippen LogP contribution in [0.15, 0.2) is 54.7 Å². The molecule has 0 bridgehead atoms. The first kappa shape index (κ1) is 13.4. The molecule has 21 heavy (non-hydrogen) atoms. The maximum atomic E-state index is 9.64. The Labute approximate surface area is 124 Å². The van der Waals surface area contributed by atoms with E-state index in [1.54, 1.807) is 18.3 Å². The second-order valence-electron chi connectivity index (χ2n) is 5.17. The van der Waals surface area contributed by atoms with Crippen LogP contribution in [0.4, 0.5) is 5.82 Å². The third kappa shape index (κ3) is 2.97. The molecule has 0 amide bonds. The largest absolute Gasteiger partial charge is 0.508 e. The maximum absolute atomic E-state index is 9.64. The molecule has 0 radical (unpaired) electrons. The van der Waals surface area contributed by atoms with Gasteiger partial charge in [-0.15, -0.1) is 0 Å². The summed E-state index contributed by atoms with van der Waals surface area (Å²) in [6.45, 7) is 2.94. The number of aromatic nitrogens is 1. The number of fused-ring (bicyclic) bond motifs is 1. The number of hydrogen-bond acceptors (Lipinski definition) is 3. The minimum Gasteiger partial charge on any atom is -0.508 e. The highest BCUT2D eigenvalue weighted by Crippen LogP contribution is 2.25. The zero-order valence-corrected chi connectivity index (χ0v) is 12.0. The van der Waals surface area contributed by atoms with Crippen molar-refractivity contribution in [3.63, 3.8) is 0 Å². The lowest BCUT2D eigenvalue weighted by Gasteiger charge is -2.10. The molecule has 1 aromatic heterocycles. The third-order valence-corrected chi connectivity index (χ3v) is 3.70. The number of aryl methyl sites for hydroxylation is 1. The molecule has 0 atom stereocenters. The molecule has 3 rings (SSSR count). The van der Waals surface area contributed by atoms with Crippen LogP contribution in [0, 0.1) is 6.92 Å². The molecule has 3 nitrogen and oxygen atoms in total. The van der Waals surface area contributed by atoms with Gasteiger partial charge in [-0.2, -0.15) is 0 Å². The van der Waals surface area contributed by atoms with Crippen LogP contribution in [0.3, 0.4) is 0 Å². The number of aromatic hydroxyl groups is 1. The highest BCUT2D eigenvalue weighted by Gasteiger charge is 2.03. The summed E-state index contributed by atoms with van der Waals surface area (Å²) < 4.78 is 0. The lowest BCUT2D eigenvalue weighted by Crippen LogP contribution is -2.07. The van der Waals surface area contributed by atoms with E-state index in [4.69, 9.17) is 0 Å². The Morgan fingerprint density at radius 3 is 2.81 bits per heavy atom. The van der Waals surface area contributed by atoms with Crippen LogP contribution in [-0.4, -0.2) is 16.6 Å². The number of benzene rings is 2. The third-order valence-electron chi connectivity index (χ3n) is 3.70. The Morgan fingerprint density at radius 2 is 1.95 bits per heavy atom. The van der Waals surface area contributed by atoms with Crippen LogP contribution in [0.2, 0.25) is 0 Å². The molecule has 0 fully saturated rings. The van der Waals surface area contributed by atoms with E-state index >= 15 is 0 Å². The predicted octanol–water partition coefficient (Wildman–Crippen LogP) is 3.90. The van der Waals surface area contributed by atoms with Crippen molar-refractivity contribution >= 4 is 16.6 Å². The van der Waals surface area contributed by atoms with Gasteiger partial charge in [-0.3, -0.25) is 0 Å². The summed E-state index contributed by atoms with van der Waals surface area (Å²) in [6.07, 6.45) is 2.74. The van der Waals surface area contributed by atoms with Gasteiger partial charge < -0.3 is 10.4 Å². The molecule has 106 valence electrons.